The smallest absolute Gasteiger partial charge is 0.228 e. The van der Waals surface area contributed by atoms with Gasteiger partial charge in [0.25, 0.3) is 0 Å². The van der Waals surface area contributed by atoms with Crippen molar-refractivity contribution in [2.45, 2.75) is 18.9 Å². The van der Waals surface area contributed by atoms with Crippen molar-refractivity contribution < 1.29 is 13.9 Å². The summed E-state index contributed by atoms with van der Waals surface area (Å²) in [7, 11) is 0. The number of carbonyl (C=O) groups is 1. The van der Waals surface area contributed by atoms with Gasteiger partial charge in [-0.3, -0.25) is 4.79 Å². The van der Waals surface area contributed by atoms with Crippen LogP contribution in [0, 0.1) is 5.82 Å². The minimum absolute atomic E-state index is 0.0761. The van der Waals surface area contributed by atoms with Crippen LogP contribution in [-0.4, -0.2) is 35.0 Å². The zero-order chi connectivity index (χ0) is 16.2. The van der Waals surface area contributed by atoms with Gasteiger partial charge in [-0.15, -0.1) is 0 Å². The molecule has 0 saturated carbocycles. The fraction of sp³-hybridized carbons (Fsp3) is 0.294. The zero-order valence-corrected chi connectivity index (χ0v) is 14.0. The lowest BCUT2D eigenvalue weighted by Crippen LogP contribution is -2.32. The maximum absolute atomic E-state index is 13.6. The number of benzene rings is 1. The SMILES string of the molecule is O=C(Cc1ccccc1F)N1CCC(Oc2ncccc2Br)C1. The first-order valence-electron chi connectivity index (χ1n) is 7.42. The van der Waals surface area contributed by atoms with E-state index in [1.165, 1.54) is 6.07 Å². The summed E-state index contributed by atoms with van der Waals surface area (Å²) < 4.78 is 20.3. The Morgan fingerprint density at radius 2 is 2.17 bits per heavy atom. The van der Waals surface area contributed by atoms with Crippen LogP contribution in [-0.2, 0) is 11.2 Å². The summed E-state index contributed by atoms with van der Waals surface area (Å²) in [5, 5.41) is 0. The number of carbonyl (C=O) groups excluding carboxylic acids is 1. The van der Waals surface area contributed by atoms with Crippen LogP contribution < -0.4 is 4.74 Å². The highest BCUT2D eigenvalue weighted by Gasteiger charge is 2.28. The molecular weight excluding hydrogens is 363 g/mol. The van der Waals surface area contributed by atoms with E-state index in [2.05, 4.69) is 20.9 Å². The Bertz CT molecular complexity index is 710. The highest BCUT2D eigenvalue weighted by atomic mass is 79.9. The van der Waals surface area contributed by atoms with Crippen LogP contribution >= 0.6 is 15.9 Å². The molecule has 1 saturated heterocycles. The number of ether oxygens (including phenoxy) is 1. The molecule has 1 aromatic carbocycles. The number of hydrogen-bond acceptors (Lipinski definition) is 3. The standard InChI is InChI=1S/C17H16BrFN2O2/c18-14-5-3-8-20-17(14)23-13-7-9-21(11-13)16(22)10-12-4-1-2-6-15(12)19/h1-6,8,13H,7,9-11H2. The van der Waals surface area contributed by atoms with Gasteiger partial charge in [-0.25, -0.2) is 9.37 Å². The quantitative estimate of drug-likeness (QED) is 0.820. The fourth-order valence-corrected chi connectivity index (χ4v) is 2.93. The lowest BCUT2D eigenvalue weighted by molar-refractivity contribution is -0.129. The van der Waals surface area contributed by atoms with Gasteiger partial charge in [0.1, 0.15) is 11.9 Å². The molecule has 1 aliphatic rings. The average Bonchev–Trinajstić information content (AvgIpc) is 3.01. The lowest BCUT2D eigenvalue weighted by atomic mass is 10.1. The van der Waals surface area contributed by atoms with Crippen molar-refractivity contribution in [3.8, 4) is 5.88 Å². The predicted molar refractivity (Wildman–Crippen MR) is 87.7 cm³/mol. The first-order valence-corrected chi connectivity index (χ1v) is 8.21. The van der Waals surface area contributed by atoms with Gasteiger partial charge in [0.2, 0.25) is 11.8 Å². The molecule has 0 bridgehead atoms. The van der Waals surface area contributed by atoms with Crippen molar-refractivity contribution >= 4 is 21.8 Å². The first-order chi connectivity index (χ1) is 11.1. The van der Waals surface area contributed by atoms with E-state index in [0.717, 1.165) is 10.9 Å². The van der Waals surface area contributed by atoms with Crippen LogP contribution in [0.2, 0.25) is 0 Å². The van der Waals surface area contributed by atoms with Gasteiger partial charge < -0.3 is 9.64 Å². The number of aromatic nitrogens is 1. The molecule has 3 rings (SSSR count). The van der Waals surface area contributed by atoms with Gasteiger partial charge in [0.15, 0.2) is 0 Å². The van der Waals surface area contributed by atoms with Gasteiger partial charge in [-0.05, 0) is 39.7 Å². The minimum atomic E-state index is -0.342. The number of pyridine rings is 1. The van der Waals surface area contributed by atoms with E-state index in [-0.39, 0.29) is 24.2 Å². The van der Waals surface area contributed by atoms with Crippen LogP contribution in [0.3, 0.4) is 0 Å². The molecule has 1 atom stereocenters. The summed E-state index contributed by atoms with van der Waals surface area (Å²) in [6.45, 7) is 1.11. The molecule has 23 heavy (non-hydrogen) atoms. The van der Waals surface area contributed by atoms with Crippen LogP contribution in [0.1, 0.15) is 12.0 Å². The second-order valence-electron chi connectivity index (χ2n) is 5.43. The zero-order valence-electron chi connectivity index (χ0n) is 12.4. The molecule has 0 N–H and O–H groups in total. The third-order valence-corrected chi connectivity index (χ3v) is 4.40. The molecule has 6 heteroatoms. The highest BCUT2D eigenvalue weighted by molar-refractivity contribution is 9.10. The molecule has 120 valence electrons. The minimum Gasteiger partial charge on any atom is -0.472 e. The van der Waals surface area contributed by atoms with E-state index < -0.39 is 0 Å². The third-order valence-electron chi connectivity index (χ3n) is 3.80. The van der Waals surface area contributed by atoms with E-state index in [1.54, 1.807) is 29.3 Å². The van der Waals surface area contributed by atoms with Gasteiger partial charge in [0.05, 0.1) is 17.4 Å². The average molecular weight is 379 g/mol. The van der Waals surface area contributed by atoms with E-state index in [9.17, 15) is 9.18 Å². The van der Waals surface area contributed by atoms with Crippen LogP contribution in [0.25, 0.3) is 0 Å². The van der Waals surface area contributed by atoms with E-state index in [1.807, 2.05) is 12.1 Å². The Balaban J connectivity index is 1.58. The molecule has 1 aromatic heterocycles. The van der Waals surface area contributed by atoms with Crippen LogP contribution in [0.5, 0.6) is 5.88 Å². The maximum atomic E-state index is 13.6. The van der Waals surface area contributed by atoms with Crippen molar-refractivity contribution in [3.63, 3.8) is 0 Å². The number of rotatable bonds is 4. The molecule has 1 amide bonds. The van der Waals surface area contributed by atoms with Crippen molar-refractivity contribution in [2.24, 2.45) is 0 Å². The lowest BCUT2D eigenvalue weighted by Gasteiger charge is -2.17. The third kappa shape index (κ3) is 3.88. The second-order valence-corrected chi connectivity index (χ2v) is 6.28. The van der Waals surface area contributed by atoms with Crippen molar-refractivity contribution in [3.05, 3.63) is 58.4 Å². The molecule has 4 nitrogen and oxygen atoms in total. The van der Waals surface area contributed by atoms with E-state index >= 15 is 0 Å². The number of likely N-dealkylation sites (tertiary alicyclic amines) is 1. The Morgan fingerprint density at radius 1 is 1.35 bits per heavy atom. The number of nitrogens with zero attached hydrogens (tertiary/aromatic N) is 2. The van der Waals surface area contributed by atoms with Crippen molar-refractivity contribution in [1.29, 1.82) is 0 Å². The van der Waals surface area contributed by atoms with Crippen molar-refractivity contribution in [2.75, 3.05) is 13.1 Å². The van der Waals surface area contributed by atoms with Crippen LogP contribution in [0.15, 0.2) is 47.1 Å². The molecule has 1 fully saturated rings. The van der Waals surface area contributed by atoms with E-state index in [0.29, 0.717) is 24.5 Å². The van der Waals surface area contributed by atoms with Gasteiger partial charge in [0, 0.05) is 19.2 Å². The normalized spacial score (nSPS) is 17.3. The molecule has 1 unspecified atom stereocenters. The number of amides is 1. The first kappa shape index (κ1) is 15.9. The predicted octanol–water partition coefficient (Wildman–Crippen LogP) is 3.21. The summed E-state index contributed by atoms with van der Waals surface area (Å²) in [4.78, 5) is 18.2. The van der Waals surface area contributed by atoms with Crippen LogP contribution in [0.4, 0.5) is 4.39 Å². The molecule has 1 aliphatic heterocycles. The summed E-state index contributed by atoms with van der Waals surface area (Å²) in [6, 6.07) is 10.0. The molecule has 2 aromatic rings. The maximum Gasteiger partial charge on any atom is 0.228 e. The number of halogens is 2. The van der Waals surface area contributed by atoms with E-state index in [4.69, 9.17) is 4.74 Å². The summed E-state index contributed by atoms with van der Waals surface area (Å²) in [5.74, 6) is 0.104. The molecular formula is C17H16BrFN2O2. The molecule has 0 aliphatic carbocycles. The monoisotopic (exact) mass is 378 g/mol. The number of hydrogen-bond donors (Lipinski definition) is 0. The molecule has 0 spiro atoms. The Morgan fingerprint density at radius 3 is 2.96 bits per heavy atom. The Hall–Kier alpha value is -1.95. The van der Waals surface area contributed by atoms with Gasteiger partial charge in [-0.2, -0.15) is 0 Å². The highest BCUT2D eigenvalue weighted by Crippen LogP contribution is 2.24. The second kappa shape index (κ2) is 7.08. The Kier molecular flexibility index (Phi) is 4.91. The Labute approximate surface area is 142 Å². The largest absolute Gasteiger partial charge is 0.472 e. The van der Waals surface area contributed by atoms with Gasteiger partial charge >= 0.3 is 0 Å². The van der Waals surface area contributed by atoms with Crippen molar-refractivity contribution in [1.82, 2.24) is 9.88 Å². The summed E-state index contributed by atoms with van der Waals surface area (Å²) >= 11 is 3.39. The molecule has 2 heterocycles. The topological polar surface area (TPSA) is 42.4 Å². The van der Waals surface area contributed by atoms with Gasteiger partial charge in [-0.1, -0.05) is 18.2 Å². The molecule has 0 radical (unpaired) electrons. The fourth-order valence-electron chi connectivity index (χ4n) is 2.58. The summed E-state index contributed by atoms with van der Waals surface area (Å²) in [6.07, 6.45) is 2.39. The summed E-state index contributed by atoms with van der Waals surface area (Å²) in [5.41, 5.74) is 0.425.